The van der Waals surface area contributed by atoms with Gasteiger partial charge in [-0.05, 0) is 43.2 Å². The van der Waals surface area contributed by atoms with E-state index in [0.717, 1.165) is 28.2 Å². The van der Waals surface area contributed by atoms with Crippen LogP contribution in [0, 0.1) is 13.8 Å². The molecule has 0 atom stereocenters. The number of thioether (sulfide) groups is 1. The zero-order valence-electron chi connectivity index (χ0n) is 14.4. The van der Waals surface area contributed by atoms with Gasteiger partial charge in [0.05, 0.1) is 5.75 Å². The van der Waals surface area contributed by atoms with E-state index < -0.39 is 0 Å². The molecule has 0 unspecified atom stereocenters. The molecule has 0 aliphatic carbocycles. The minimum atomic E-state index is -0.0652. The average Bonchev–Trinajstić information content (AvgIpc) is 2.99. The molecule has 3 aromatic rings. The second kappa shape index (κ2) is 7.48. The van der Waals surface area contributed by atoms with Gasteiger partial charge in [-0.1, -0.05) is 23.9 Å². The Labute approximate surface area is 150 Å². The Bertz CT molecular complexity index is 892. The maximum Gasteiger partial charge on any atom is 0.234 e. The van der Waals surface area contributed by atoms with E-state index >= 15 is 0 Å². The van der Waals surface area contributed by atoms with E-state index in [-0.39, 0.29) is 11.7 Å². The van der Waals surface area contributed by atoms with Crippen molar-refractivity contribution in [3.63, 3.8) is 0 Å². The van der Waals surface area contributed by atoms with Crippen LogP contribution in [-0.2, 0) is 11.8 Å². The summed E-state index contributed by atoms with van der Waals surface area (Å²) in [6.07, 6.45) is 3.46. The first-order valence-electron chi connectivity index (χ1n) is 7.85. The van der Waals surface area contributed by atoms with Crippen molar-refractivity contribution >= 4 is 23.4 Å². The van der Waals surface area contributed by atoms with Gasteiger partial charge < -0.3 is 9.88 Å². The summed E-state index contributed by atoms with van der Waals surface area (Å²) in [6, 6.07) is 9.66. The number of nitrogens with zero attached hydrogens (tertiary/aromatic N) is 4. The highest BCUT2D eigenvalue weighted by atomic mass is 32.2. The first-order valence-corrected chi connectivity index (χ1v) is 8.83. The molecule has 0 aliphatic rings. The quantitative estimate of drug-likeness (QED) is 0.713. The molecule has 0 fully saturated rings. The zero-order chi connectivity index (χ0) is 17.8. The van der Waals surface area contributed by atoms with Crippen LogP contribution >= 0.6 is 11.8 Å². The molecule has 7 heteroatoms. The highest BCUT2D eigenvalue weighted by molar-refractivity contribution is 7.99. The van der Waals surface area contributed by atoms with Gasteiger partial charge in [-0.3, -0.25) is 9.78 Å². The van der Waals surface area contributed by atoms with E-state index in [4.69, 9.17) is 0 Å². The largest absolute Gasteiger partial charge is 0.325 e. The molecule has 1 amide bonds. The van der Waals surface area contributed by atoms with E-state index in [9.17, 15) is 4.79 Å². The molecule has 2 aromatic heterocycles. The van der Waals surface area contributed by atoms with Crippen molar-refractivity contribution in [2.45, 2.75) is 19.0 Å². The number of benzene rings is 1. The standard InChI is InChI=1S/C18H19N5OS/c1-12-6-4-8-15(13(12)2)20-16(24)11-25-18-22-21-17(23(18)3)14-7-5-9-19-10-14/h4-10H,11H2,1-3H3,(H,20,24). The molecule has 0 spiro atoms. The molecule has 0 bridgehead atoms. The van der Waals surface area contributed by atoms with Gasteiger partial charge in [0.15, 0.2) is 11.0 Å². The Kier molecular flexibility index (Phi) is 5.14. The van der Waals surface area contributed by atoms with Gasteiger partial charge in [0, 0.05) is 30.7 Å². The summed E-state index contributed by atoms with van der Waals surface area (Å²) in [6.45, 7) is 4.03. The lowest BCUT2D eigenvalue weighted by Gasteiger charge is -2.10. The lowest BCUT2D eigenvalue weighted by molar-refractivity contribution is -0.113. The normalized spacial score (nSPS) is 10.7. The highest BCUT2D eigenvalue weighted by Gasteiger charge is 2.13. The minimum absolute atomic E-state index is 0.0652. The van der Waals surface area contributed by atoms with E-state index in [2.05, 4.69) is 20.5 Å². The molecule has 6 nitrogen and oxygen atoms in total. The van der Waals surface area contributed by atoms with Gasteiger partial charge >= 0.3 is 0 Å². The van der Waals surface area contributed by atoms with Gasteiger partial charge in [-0.2, -0.15) is 0 Å². The van der Waals surface area contributed by atoms with Crippen molar-refractivity contribution in [2.75, 3.05) is 11.1 Å². The zero-order valence-corrected chi connectivity index (χ0v) is 15.2. The Hall–Kier alpha value is -2.67. The van der Waals surface area contributed by atoms with Crippen LogP contribution in [-0.4, -0.2) is 31.4 Å². The van der Waals surface area contributed by atoms with E-state index in [1.54, 1.807) is 12.4 Å². The van der Waals surface area contributed by atoms with Crippen molar-refractivity contribution in [2.24, 2.45) is 7.05 Å². The molecule has 1 N–H and O–H groups in total. The Morgan fingerprint density at radius 2 is 2.04 bits per heavy atom. The van der Waals surface area contributed by atoms with Gasteiger partial charge in [-0.15, -0.1) is 10.2 Å². The second-order valence-corrected chi connectivity index (χ2v) is 6.63. The molecule has 3 rings (SSSR count). The van der Waals surface area contributed by atoms with Crippen LogP contribution in [0.15, 0.2) is 47.9 Å². The Morgan fingerprint density at radius 1 is 1.20 bits per heavy atom. The molecule has 0 saturated carbocycles. The SMILES string of the molecule is Cc1cccc(NC(=O)CSc2nnc(-c3cccnc3)n2C)c1C. The topological polar surface area (TPSA) is 72.7 Å². The molecule has 1 aromatic carbocycles. The summed E-state index contributed by atoms with van der Waals surface area (Å²) < 4.78 is 1.87. The van der Waals surface area contributed by atoms with Crippen LogP contribution in [0.4, 0.5) is 5.69 Å². The third kappa shape index (κ3) is 3.88. The first-order chi connectivity index (χ1) is 12.1. The molecular formula is C18H19N5OS. The number of hydrogen-bond acceptors (Lipinski definition) is 5. The molecule has 128 valence electrons. The van der Waals surface area contributed by atoms with E-state index in [1.807, 2.05) is 55.8 Å². The number of nitrogens with one attached hydrogen (secondary N) is 1. The number of pyridine rings is 1. The summed E-state index contributed by atoms with van der Waals surface area (Å²) >= 11 is 1.36. The van der Waals surface area contributed by atoms with Crippen molar-refractivity contribution in [1.29, 1.82) is 0 Å². The lowest BCUT2D eigenvalue weighted by atomic mass is 10.1. The van der Waals surface area contributed by atoms with Crippen LogP contribution < -0.4 is 5.32 Å². The van der Waals surface area contributed by atoms with Gasteiger partial charge in [-0.25, -0.2) is 0 Å². The minimum Gasteiger partial charge on any atom is -0.325 e. The molecular weight excluding hydrogens is 334 g/mol. The Morgan fingerprint density at radius 3 is 2.80 bits per heavy atom. The maximum absolute atomic E-state index is 12.2. The molecule has 0 radical (unpaired) electrons. The fourth-order valence-corrected chi connectivity index (χ4v) is 3.10. The summed E-state index contributed by atoms with van der Waals surface area (Å²) in [5.74, 6) is 0.932. The van der Waals surface area contributed by atoms with E-state index in [1.165, 1.54) is 11.8 Å². The maximum atomic E-state index is 12.2. The van der Waals surface area contributed by atoms with Gasteiger partial charge in [0.2, 0.25) is 5.91 Å². The number of amides is 1. The smallest absolute Gasteiger partial charge is 0.234 e. The predicted molar refractivity (Wildman–Crippen MR) is 99.5 cm³/mol. The monoisotopic (exact) mass is 353 g/mol. The molecule has 0 saturated heterocycles. The van der Waals surface area contributed by atoms with Crippen LogP contribution in [0.25, 0.3) is 11.4 Å². The van der Waals surface area contributed by atoms with Gasteiger partial charge in [0.1, 0.15) is 0 Å². The summed E-state index contributed by atoms with van der Waals surface area (Å²) in [4.78, 5) is 16.3. The van der Waals surface area contributed by atoms with Crippen molar-refractivity contribution < 1.29 is 4.79 Å². The summed E-state index contributed by atoms with van der Waals surface area (Å²) in [5.41, 5.74) is 3.97. The van der Waals surface area contributed by atoms with Gasteiger partial charge in [0.25, 0.3) is 0 Å². The van der Waals surface area contributed by atoms with Crippen LogP contribution in [0.3, 0.4) is 0 Å². The lowest BCUT2D eigenvalue weighted by Crippen LogP contribution is -2.15. The number of aromatic nitrogens is 4. The fraction of sp³-hybridized carbons (Fsp3) is 0.222. The van der Waals surface area contributed by atoms with Crippen molar-refractivity contribution in [1.82, 2.24) is 19.7 Å². The van der Waals surface area contributed by atoms with Crippen LogP contribution in [0.2, 0.25) is 0 Å². The Balaban J connectivity index is 1.65. The predicted octanol–water partition coefficient (Wildman–Crippen LogP) is 3.22. The number of aryl methyl sites for hydroxylation is 1. The highest BCUT2D eigenvalue weighted by Crippen LogP contribution is 2.23. The molecule has 0 aliphatic heterocycles. The van der Waals surface area contributed by atoms with Crippen molar-refractivity contribution in [3.8, 4) is 11.4 Å². The summed E-state index contributed by atoms with van der Waals surface area (Å²) in [7, 11) is 1.88. The third-order valence-corrected chi connectivity index (χ3v) is 4.99. The number of carbonyl (C=O) groups excluding carboxylic acids is 1. The number of hydrogen-bond donors (Lipinski definition) is 1. The molecule has 25 heavy (non-hydrogen) atoms. The number of rotatable bonds is 5. The summed E-state index contributed by atoms with van der Waals surface area (Å²) in [5, 5.41) is 12.0. The first kappa shape index (κ1) is 17.2. The average molecular weight is 353 g/mol. The fourth-order valence-electron chi connectivity index (χ4n) is 2.39. The molecule has 2 heterocycles. The van der Waals surface area contributed by atoms with E-state index in [0.29, 0.717) is 5.16 Å². The number of carbonyl (C=O) groups is 1. The second-order valence-electron chi connectivity index (χ2n) is 5.69. The number of anilines is 1. The van der Waals surface area contributed by atoms with Crippen LogP contribution in [0.5, 0.6) is 0 Å². The third-order valence-electron chi connectivity index (χ3n) is 3.97. The van der Waals surface area contributed by atoms with Crippen molar-refractivity contribution in [3.05, 3.63) is 53.9 Å². The van der Waals surface area contributed by atoms with Crippen LogP contribution in [0.1, 0.15) is 11.1 Å².